The monoisotopic (exact) mass is 297 g/mol. The molecule has 20 heavy (non-hydrogen) atoms. The van der Waals surface area contributed by atoms with Crippen molar-refractivity contribution in [3.05, 3.63) is 34.6 Å². The van der Waals surface area contributed by atoms with Crippen molar-refractivity contribution in [2.45, 2.75) is 59.0 Å². The van der Waals surface area contributed by atoms with Crippen LogP contribution in [0.15, 0.2) is 18.2 Å². The molecule has 2 unspecified atom stereocenters. The van der Waals surface area contributed by atoms with E-state index in [0.29, 0.717) is 22.4 Å². The highest BCUT2D eigenvalue weighted by Gasteiger charge is 2.33. The van der Waals surface area contributed by atoms with Crippen LogP contribution in [0.25, 0.3) is 0 Å². The molecular formula is C17H25ClFN. The number of hydrogen-bond donors (Lipinski definition) is 1. The van der Waals surface area contributed by atoms with Crippen LogP contribution in [-0.4, -0.2) is 6.04 Å². The van der Waals surface area contributed by atoms with Crippen LogP contribution in [0.5, 0.6) is 0 Å². The highest BCUT2D eigenvalue weighted by atomic mass is 35.5. The van der Waals surface area contributed by atoms with E-state index in [1.165, 1.54) is 37.8 Å². The van der Waals surface area contributed by atoms with Crippen LogP contribution in [0.4, 0.5) is 4.39 Å². The molecule has 0 aromatic heterocycles. The lowest BCUT2D eigenvalue weighted by molar-refractivity contribution is 0.130. The quantitative estimate of drug-likeness (QED) is 0.811. The summed E-state index contributed by atoms with van der Waals surface area (Å²) in [5.74, 6) is 0.416. The second-order valence-electron chi connectivity index (χ2n) is 6.98. The van der Waals surface area contributed by atoms with Gasteiger partial charge in [0.1, 0.15) is 5.82 Å². The molecule has 1 aliphatic rings. The Kier molecular flexibility index (Phi) is 5.09. The maximum Gasteiger partial charge on any atom is 0.124 e. The molecule has 0 bridgehead atoms. The summed E-state index contributed by atoms with van der Waals surface area (Å²) in [6.07, 6.45) is 5.14. The summed E-state index contributed by atoms with van der Waals surface area (Å²) in [6, 6.07) is 5.18. The first-order valence-corrected chi connectivity index (χ1v) is 7.93. The molecule has 1 N–H and O–H groups in total. The van der Waals surface area contributed by atoms with Crippen molar-refractivity contribution in [3.8, 4) is 0 Å². The lowest BCUT2D eigenvalue weighted by Gasteiger charge is -2.41. The van der Waals surface area contributed by atoms with Gasteiger partial charge >= 0.3 is 0 Å². The molecule has 2 atom stereocenters. The van der Waals surface area contributed by atoms with Gasteiger partial charge < -0.3 is 5.32 Å². The number of halogens is 2. The van der Waals surface area contributed by atoms with Gasteiger partial charge in [-0.15, -0.1) is 0 Å². The lowest BCUT2D eigenvalue weighted by Crippen LogP contribution is -2.43. The van der Waals surface area contributed by atoms with Gasteiger partial charge in [-0.05, 0) is 41.9 Å². The average Bonchev–Trinajstić information content (AvgIpc) is 2.37. The zero-order valence-corrected chi connectivity index (χ0v) is 13.4. The minimum atomic E-state index is -0.274. The van der Waals surface area contributed by atoms with Crippen molar-refractivity contribution < 1.29 is 4.39 Å². The molecule has 112 valence electrons. The molecule has 1 aromatic carbocycles. The van der Waals surface area contributed by atoms with Crippen molar-refractivity contribution in [2.24, 2.45) is 11.3 Å². The van der Waals surface area contributed by atoms with E-state index in [-0.39, 0.29) is 5.82 Å². The molecule has 1 aliphatic carbocycles. The van der Waals surface area contributed by atoms with Gasteiger partial charge in [-0.2, -0.15) is 0 Å². The molecule has 2 rings (SSSR count). The highest BCUT2D eigenvalue weighted by Crippen LogP contribution is 2.38. The summed E-state index contributed by atoms with van der Waals surface area (Å²) in [4.78, 5) is 0. The molecule has 3 heteroatoms. The first kappa shape index (κ1) is 15.8. The van der Waals surface area contributed by atoms with Gasteiger partial charge in [-0.3, -0.25) is 0 Å². The van der Waals surface area contributed by atoms with E-state index in [0.717, 1.165) is 12.1 Å². The third-order valence-corrected chi connectivity index (χ3v) is 4.80. The third-order valence-electron chi connectivity index (χ3n) is 4.45. The Morgan fingerprint density at radius 3 is 2.60 bits per heavy atom. The average molecular weight is 298 g/mol. The Bertz CT molecular complexity index is 453. The molecule has 1 saturated carbocycles. The molecule has 0 aliphatic heterocycles. The van der Waals surface area contributed by atoms with Crippen molar-refractivity contribution in [2.75, 3.05) is 0 Å². The molecule has 0 saturated heterocycles. The minimum absolute atomic E-state index is 0.274. The Balaban J connectivity index is 2.01. The fourth-order valence-electron chi connectivity index (χ4n) is 3.32. The number of hydrogen-bond acceptors (Lipinski definition) is 1. The fraction of sp³-hybridized carbons (Fsp3) is 0.647. The van der Waals surface area contributed by atoms with Gasteiger partial charge in [0.2, 0.25) is 0 Å². The van der Waals surface area contributed by atoms with E-state index in [1.807, 2.05) is 0 Å². The van der Waals surface area contributed by atoms with Gasteiger partial charge in [0, 0.05) is 17.6 Å². The lowest BCUT2D eigenvalue weighted by atomic mass is 9.69. The standard InChI is InChI=1S/C17H25ClFN/c1-17(2,3)14-6-4-5-7-16(14)20-11-12-8-9-13(19)10-15(12)18/h8-10,14,16,20H,4-7,11H2,1-3H3. The summed E-state index contributed by atoms with van der Waals surface area (Å²) in [7, 11) is 0. The van der Waals surface area contributed by atoms with Gasteiger partial charge in [-0.1, -0.05) is 51.3 Å². The molecular weight excluding hydrogens is 273 g/mol. The smallest absolute Gasteiger partial charge is 0.124 e. The van der Waals surface area contributed by atoms with E-state index in [4.69, 9.17) is 11.6 Å². The fourth-order valence-corrected chi connectivity index (χ4v) is 3.55. The summed E-state index contributed by atoms with van der Waals surface area (Å²) < 4.78 is 13.1. The van der Waals surface area contributed by atoms with Gasteiger partial charge in [-0.25, -0.2) is 4.39 Å². The second kappa shape index (κ2) is 6.44. The summed E-state index contributed by atoms with van der Waals surface area (Å²) in [5.41, 5.74) is 1.30. The number of rotatable bonds is 3. The Labute approximate surface area is 126 Å². The highest BCUT2D eigenvalue weighted by molar-refractivity contribution is 6.31. The molecule has 1 fully saturated rings. The van der Waals surface area contributed by atoms with Crippen LogP contribution in [-0.2, 0) is 6.54 Å². The van der Waals surface area contributed by atoms with Crippen molar-refractivity contribution >= 4 is 11.6 Å². The Morgan fingerprint density at radius 2 is 1.95 bits per heavy atom. The van der Waals surface area contributed by atoms with Crippen LogP contribution in [0.3, 0.4) is 0 Å². The van der Waals surface area contributed by atoms with Gasteiger partial charge in [0.05, 0.1) is 0 Å². The summed E-state index contributed by atoms with van der Waals surface area (Å²) >= 11 is 6.09. The minimum Gasteiger partial charge on any atom is -0.310 e. The first-order chi connectivity index (χ1) is 9.38. The van der Waals surface area contributed by atoms with E-state index in [1.54, 1.807) is 6.07 Å². The van der Waals surface area contributed by atoms with Crippen LogP contribution >= 0.6 is 11.6 Å². The van der Waals surface area contributed by atoms with Crippen molar-refractivity contribution in [1.29, 1.82) is 0 Å². The maximum absolute atomic E-state index is 13.1. The topological polar surface area (TPSA) is 12.0 Å². The van der Waals surface area contributed by atoms with E-state index >= 15 is 0 Å². The van der Waals surface area contributed by atoms with Crippen molar-refractivity contribution in [1.82, 2.24) is 5.32 Å². The van der Waals surface area contributed by atoms with Crippen molar-refractivity contribution in [3.63, 3.8) is 0 Å². The maximum atomic E-state index is 13.1. The molecule has 0 heterocycles. The molecule has 0 spiro atoms. The molecule has 1 nitrogen and oxygen atoms in total. The van der Waals surface area contributed by atoms with Crippen LogP contribution in [0, 0.1) is 17.2 Å². The van der Waals surface area contributed by atoms with E-state index in [9.17, 15) is 4.39 Å². The van der Waals surface area contributed by atoms with E-state index in [2.05, 4.69) is 26.1 Å². The van der Waals surface area contributed by atoms with E-state index < -0.39 is 0 Å². The van der Waals surface area contributed by atoms with Gasteiger partial charge in [0.25, 0.3) is 0 Å². The zero-order valence-electron chi connectivity index (χ0n) is 12.7. The summed E-state index contributed by atoms with van der Waals surface area (Å²) in [5, 5.41) is 4.16. The summed E-state index contributed by atoms with van der Waals surface area (Å²) in [6.45, 7) is 7.68. The Morgan fingerprint density at radius 1 is 1.25 bits per heavy atom. The largest absolute Gasteiger partial charge is 0.310 e. The predicted molar refractivity (Wildman–Crippen MR) is 83.5 cm³/mol. The molecule has 0 amide bonds. The van der Waals surface area contributed by atoms with Crippen LogP contribution < -0.4 is 5.32 Å². The normalized spacial score (nSPS) is 23.9. The SMILES string of the molecule is CC(C)(C)C1CCCCC1NCc1ccc(F)cc1Cl. The predicted octanol–water partition coefficient (Wildman–Crippen LogP) is 5.17. The molecule has 1 aromatic rings. The molecule has 0 radical (unpaired) electrons. The first-order valence-electron chi connectivity index (χ1n) is 7.55. The number of nitrogens with one attached hydrogen (secondary N) is 1. The second-order valence-corrected chi connectivity index (χ2v) is 7.39. The third kappa shape index (κ3) is 3.95. The Hall–Kier alpha value is -0.600. The zero-order chi connectivity index (χ0) is 14.8. The van der Waals surface area contributed by atoms with Crippen LogP contribution in [0.1, 0.15) is 52.0 Å². The number of benzene rings is 1. The van der Waals surface area contributed by atoms with Crippen LogP contribution in [0.2, 0.25) is 5.02 Å². The van der Waals surface area contributed by atoms with Gasteiger partial charge in [0.15, 0.2) is 0 Å².